The number of aromatic nitrogens is 3. The summed E-state index contributed by atoms with van der Waals surface area (Å²) >= 11 is 0. The van der Waals surface area contributed by atoms with Crippen LogP contribution < -0.4 is 0 Å². The Morgan fingerprint density at radius 2 is 1.58 bits per heavy atom. The van der Waals surface area contributed by atoms with E-state index >= 15 is 0 Å². The Kier molecular flexibility index (Phi) is 6.79. The molecule has 5 aliphatic rings. The molecule has 2 heterocycles. The summed E-state index contributed by atoms with van der Waals surface area (Å²) in [5.41, 5.74) is 11.7. The molecule has 2 aromatic carbocycles. The Labute approximate surface area is 283 Å². The molecule has 0 radical (unpaired) electrons. The Hall–Kier alpha value is -5.15. The van der Waals surface area contributed by atoms with Gasteiger partial charge >= 0.3 is 0 Å². The summed E-state index contributed by atoms with van der Waals surface area (Å²) in [6.07, 6.45) is 30.6. The van der Waals surface area contributed by atoms with E-state index in [1.54, 1.807) is 5.57 Å². The number of rotatable bonds is 4. The van der Waals surface area contributed by atoms with Gasteiger partial charge in [0.05, 0.1) is 17.1 Å². The minimum absolute atomic E-state index is 0.215. The fraction of sp³-hybridized carbons (Fsp3) is 0.222. The molecule has 3 heteroatoms. The van der Waals surface area contributed by atoms with Crippen molar-refractivity contribution >= 4 is 11.6 Å². The molecule has 0 aliphatic heterocycles. The highest BCUT2D eigenvalue weighted by Crippen LogP contribution is 2.56. The second kappa shape index (κ2) is 11.2. The van der Waals surface area contributed by atoms with Crippen molar-refractivity contribution in [3.8, 4) is 22.6 Å². The molecule has 0 saturated heterocycles. The summed E-state index contributed by atoms with van der Waals surface area (Å²) in [5.74, 6) is 1.89. The molecule has 0 bridgehead atoms. The molecule has 48 heavy (non-hydrogen) atoms. The van der Waals surface area contributed by atoms with Gasteiger partial charge in [0, 0.05) is 40.0 Å². The molecular weight excluding hydrogens is 583 g/mol. The highest BCUT2D eigenvalue weighted by atomic mass is 14.9. The van der Waals surface area contributed by atoms with Crippen molar-refractivity contribution in [2.75, 3.05) is 0 Å². The van der Waals surface area contributed by atoms with Crippen LogP contribution in [0.15, 0.2) is 151 Å². The molecule has 3 nitrogen and oxygen atoms in total. The molecule has 234 valence electrons. The van der Waals surface area contributed by atoms with Crippen molar-refractivity contribution in [2.45, 2.75) is 44.4 Å². The molecule has 0 fully saturated rings. The van der Waals surface area contributed by atoms with Crippen LogP contribution in [0.3, 0.4) is 0 Å². The van der Waals surface area contributed by atoms with Gasteiger partial charge in [0.1, 0.15) is 0 Å². The van der Waals surface area contributed by atoms with E-state index in [0.29, 0.717) is 11.8 Å². The second-order valence-electron chi connectivity index (χ2n) is 14.3. The Bertz CT molecular complexity index is 2140. The normalized spacial score (nSPS) is 28.0. The van der Waals surface area contributed by atoms with Gasteiger partial charge < -0.3 is 0 Å². The number of pyridine rings is 1. The van der Waals surface area contributed by atoms with Crippen LogP contribution in [0.1, 0.15) is 61.5 Å². The lowest BCUT2D eigenvalue weighted by molar-refractivity contribution is 0.332. The summed E-state index contributed by atoms with van der Waals surface area (Å²) in [6, 6.07) is 25.8. The number of hydrogen-bond donors (Lipinski definition) is 0. The number of nitrogens with zero attached hydrogens (tertiary/aromatic N) is 3. The largest absolute Gasteiger partial charge is 0.256 e. The standard InChI is InChI=1S/C45H39N3/c1-44-25-11-9-19-37(44)35-16-6-3-13-32(35)27-39(44)41-28-42(45(2)29-33-14-4-5-15-34(33)36-17-7-8-18-38(36)45)48-43(47-41)31-23-21-30(22-24-31)40-20-10-12-26-46-40/h3-7,9-17,19-28,33-34,37H,8,18,29H2,1-2H3. The Balaban J connectivity index is 1.25. The van der Waals surface area contributed by atoms with E-state index in [0.717, 1.165) is 53.3 Å². The summed E-state index contributed by atoms with van der Waals surface area (Å²) in [4.78, 5) is 15.5. The van der Waals surface area contributed by atoms with Crippen molar-refractivity contribution in [3.63, 3.8) is 0 Å². The number of benzene rings is 2. The van der Waals surface area contributed by atoms with Crippen molar-refractivity contribution in [3.05, 3.63) is 173 Å². The molecule has 5 atom stereocenters. The van der Waals surface area contributed by atoms with Gasteiger partial charge in [-0.3, -0.25) is 4.98 Å². The lowest BCUT2D eigenvalue weighted by atomic mass is 9.58. The third-order valence-corrected chi connectivity index (χ3v) is 11.5. The van der Waals surface area contributed by atoms with Gasteiger partial charge in [0.25, 0.3) is 0 Å². The van der Waals surface area contributed by atoms with E-state index in [1.165, 1.54) is 22.3 Å². The summed E-state index contributed by atoms with van der Waals surface area (Å²) in [5, 5.41) is 0. The van der Waals surface area contributed by atoms with Crippen LogP contribution in [0.4, 0.5) is 0 Å². The van der Waals surface area contributed by atoms with Gasteiger partial charge in [0.2, 0.25) is 0 Å². The topological polar surface area (TPSA) is 38.7 Å². The lowest BCUT2D eigenvalue weighted by Gasteiger charge is -2.46. The number of allylic oxidation sites excluding steroid dienone is 13. The van der Waals surface area contributed by atoms with Gasteiger partial charge in [-0.1, -0.05) is 135 Å². The van der Waals surface area contributed by atoms with Crippen molar-refractivity contribution in [2.24, 2.45) is 17.3 Å². The monoisotopic (exact) mass is 621 g/mol. The molecule has 5 unspecified atom stereocenters. The second-order valence-corrected chi connectivity index (χ2v) is 14.3. The predicted octanol–water partition coefficient (Wildman–Crippen LogP) is 10.6. The van der Waals surface area contributed by atoms with Crippen molar-refractivity contribution in [1.29, 1.82) is 0 Å². The van der Waals surface area contributed by atoms with Crippen molar-refractivity contribution < 1.29 is 0 Å². The number of fused-ring (bicyclic) bond motifs is 5. The van der Waals surface area contributed by atoms with E-state index in [4.69, 9.17) is 9.97 Å². The molecule has 0 saturated carbocycles. The zero-order valence-electron chi connectivity index (χ0n) is 27.6. The van der Waals surface area contributed by atoms with Crippen LogP contribution in [0.25, 0.3) is 34.3 Å². The predicted molar refractivity (Wildman–Crippen MR) is 197 cm³/mol. The first-order chi connectivity index (χ1) is 23.5. The first-order valence-corrected chi connectivity index (χ1v) is 17.4. The molecule has 9 rings (SSSR count). The molecule has 0 N–H and O–H groups in total. The van der Waals surface area contributed by atoms with Crippen LogP contribution in [0.2, 0.25) is 0 Å². The van der Waals surface area contributed by atoms with Gasteiger partial charge in [-0.2, -0.15) is 0 Å². The highest BCUT2D eigenvalue weighted by Gasteiger charge is 2.46. The van der Waals surface area contributed by atoms with Gasteiger partial charge in [-0.05, 0) is 71.7 Å². The van der Waals surface area contributed by atoms with Crippen LogP contribution in [0, 0.1) is 17.3 Å². The highest BCUT2D eigenvalue weighted by molar-refractivity contribution is 5.90. The Morgan fingerprint density at radius 3 is 2.46 bits per heavy atom. The van der Waals surface area contributed by atoms with Crippen LogP contribution in [-0.2, 0) is 5.41 Å². The third kappa shape index (κ3) is 4.59. The number of hydrogen-bond acceptors (Lipinski definition) is 3. The summed E-state index contributed by atoms with van der Waals surface area (Å²) in [7, 11) is 0. The van der Waals surface area contributed by atoms with E-state index in [2.05, 4.69) is 146 Å². The van der Waals surface area contributed by atoms with E-state index in [9.17, 15) is 0 Å². The maximum atomic E-state index is 5.51. The quantitative estimate of drug-likeness (QED) is 0.228. The summed E-state index contributed by atoms with van der Waals surface area (Å²) in [6.45, 7) is 4.82. The van der Waals surface area contributed by atoms with Crippen molar-refractivity contribution in [1.82, 2.24) is 15.0 Å². The Morgan fingerprint density at radius 1 is 0.771 bits per heavy atom. The molecular formula is C45H39N3. The smallest absolute Gasteiger partial charge is 0.160 e. The van der Waals surface area contributed by atoms with Gasteiger partial charge in [-0.15, -0.1) is 0 Å². The average molecular weight is 622 g/mol. The third-order valence-electron chi connectivity index (χ3n) is 11.5. The maximum Gasteiger partial charge on any atom is 0.160 e. The maximum absolute atomic E-state index is 5.51. The summed E-state index contributed by atoms with van der Waals surface area (Å²) < 4.78 is 0. The minimum Gasteiger partial charge on any atom is -0.256 e. The van der Waals surface area contributed by atoms with Gasteiger partial charge in [0.15, 0.2) is 5.82 Å². The fourth-order valence-corrected chi connectivity index (χ4v) is 8.95. The van der Waals surface area contributed by atoms with Crippen LogP contribution in [0.5, 0.6) is 0 Å². The van der Waals surface area contributed by atoms with Gasteiger partial charge in [-0.25, -0.2) is 9.97 Å². The first kappa shape index (κ1) is 29.0. The molecule has 0 spiro atoms. The van der Waals surface area contributed by atoms with Crippen LogP contribution in [-0.4, -0.2) is 15.0 Å². The fourth-order valence-electron chi connectivity index (χ4n) is 8.95. The van der Waals surface area contributed by atoms with Crippen LogP contribution >= 0.6 is 0 Å². The minimum atomic E-state index is -0.234. The molecule has 0 amide bonds. The SMILES string of the molecule is CC1(c2cc(C3=Cc4ccccc4C4C=CC=CC34C)nc(-c3ccc(-c4ccccn4)cc3)n2)CC2C=CC=CC2C2=C1CCC=C2. The molecule has 4 aromatic rings. The molecule has 5 aliphatic carbocycles. The van der Waals surface area contributed by atoms with E-state index in [-0.39, 0.29) is 16.7 Å². The van der Waals surface area contributed by atoms with E-state index < -0.39 is 0 Å². The van der Waals surface area contributed by atoms with E-state index in [1.807, 2.05) is 18.3 Å². The first-order valence-electron chi connectivity index (χ1n) is 17.4. The average Bonchev–Trinajstić information content (AvgIpc) is 3.15. The zero-order chi connectivity index (χ0) is 32.3. The zero-order valence-corrected chi connectivity index (χ0v) is 27.6. The molecule has 2 aromatic heterocycles. The lowest BCUT2D eigenvalue weighted by Crippen LogP contribution is -2.38.